The Bertz CT molecular complexity index is 962. The molecule has 1 aromatic carbocycles. The molecule has 0 radical (unpaired) electrons. The Hall–Kier alpha value is -1.84. The van der Waals surface area contributed by atoms with Crippen molar-refractivity contribution in [1.82, 2.24) is 19.8 Å². The number of piperazine rings is 1. The van der Waals surface area contributed by atoms with E-state index in [1.54, 1.807) is 6.07 Å². The highest BCUT2D eigenvalue weighted by Gasteiger charge is 2.29. The second kappa shape index (κ2) is 8.72. The zero-order chi connectivity index (χ0) is 21.4. The van der Waals surface area contributed by atoms with Gasteiger partial charge < -0.3 is 24.5 Å². The zero-order valence-corrected chi connectivity index (χ0v) is 19.4. The minimum absolute atomic E-state index is 0.0313. The normalized spacial score (nSPS) is 22.7. The summed E-state index contributed by atoms with van der Waals surface area (Å²) in [5.74, 6) is 0.740. The lowest BCUT2D eigenvalue weighted by atomic mass is 10.1. The Balaban J connectivity index is 1.67. The van der Waals surface area contributed by atoms with E-state index in [9.17, 15) is 9.90 Å². The van der Waals surface area contributed by atoms with E-state index >= 15 is 0 Å². The molecule has 4 rings (SSSR count). The summed E-state index contributed by atoms with van der Waals surface area (Å²) in [5, 5.41) is 10.7. The Morgan fingerprint density at radius 2 is 2.13 bits per heavy atom. The molecule has 0 saturated carbocycles. The van der Waals surface area contributed by atoms with Crippen LogP contribution in [0.3, 0.4) is 0 Å². The van der Waals surface area contributed by atoms with Crippen molar-refractivity contribution in [3.63, 3.8) is 0 Å². The van der Waals surface area contributed by atoms with Crippen molar-refractivity contribution in [2.75, 3.05) is 44.7 Å². The molecule has 2 aliphatic rings. The molecular weight excluding hydrogens is 474 g/mol. The Morgan fingerprint density at radius 3 is 2.80 bits per heavy atom. The highest BCUT2D eigenvalue weighted by molar-refractivity contribution is 9.10. The van der Waals surface area contributed by atoms with Crippen molar-refractivity contribution in [3.05, 3.63) is 21.6 Å². The van der Waals surface area contributed by atoms with Crippen molar-refractivity contribution in [2.45, 2.75) is 31.8 Å². The van der Waals surface area contributed by atoms with E-state index in [1.807, 2.05) is 13.0 Å². The second-order valence-electron chi connectivity index (χ2n) is 7.97. The maximum absolute atomic E-state index is 11.4. The van der Waals surface area contributed by atoms with Crippen LogP contribution in [0.25, 0.3) is 10.9 Å². The fourth-order valence-corrected chi connectivity index (χ4v) is 4.68. The van der Waals surface area contributed by atoms with Gasteiger partial charge in [-0.3, -0.25) is 0 Å². The largest absolute Gasteiger partial charge is 0.465 e. The molecule has 162 valence electrons. The third-order valence-corrected chi connectivity index (χ3v) is 7.14. The lowest BCUT2D eigenvalue weighted by Crippen LogP contribution is -2.53. The number of aromatic nitrogens is 2. The van der Waals surface area contributed by atoms with Crippen molar-refractivity contribution in [1.29, 1.82) is 0 Å². The van der Waals surface area contributed by atoms with Gasteiger partial charge in [-0.2, -0.15) is 9.97 Å². The Morgan fingerprint density at radius 1 is 1.33 bits per heavy atom. The summed E-state index contributed by atoms with van der Waals surface area (Å²) in [4.78, 5) is 26.6. The van der Waals surface area contributed by atoms with Gasteiger partial charge in [-0.25, -0.2) is 4.79 Å². The third-order valence-electron chi connectivity index (χ3n) is 5.94. The Kier molecular flexibility index (Phi) is 6.22. The van der Waals surface area contributed by atoms with E-state index in [4.69, 9.17) is 21.3 Å². The molecule has 10 heteroatoms. The molecule has 1 amide bonds. The predicted molar refractivity (Wildman–Crippen MR) is 120 cm³/mol. The van der Waals surface area contributed by atoms with Crippen LogP contribution in [0.2, 0.25) is 5.02 Å². The summed E-state index contributed by atoms with van der Waals surface area (Å²) in [6.07, 6.45) is 1.38. The highest BCUT2D eigenvalue weighted by Crippen LogP contribution is 2.34. The van der Waals surface area contributed by atoms with Crippen LogP contribution in [0.15, 0.2) is 16.6 Å². The standard InChI is InChI=1S/C20H25BrClN5O3/c1-12-10-26(20(28)29)6-7-27(12)18-14-8-15(21)16(22)9-17(14)23-19(24-18)30-11-13-4-3-5-25(13)2/h8-9,12-13H,3-7,10-11H2,1-2H3,(H,28,29)/t12-,13-/m0/s1. The van der Waals surface area contributed by atoms with E-state index < -0.39 is 6.09 Å². The van der Waals surface area contributed by atoms with E-state index in [2.05, 4.69) is 37.8 Å². The minimum Gasteiger partial charge on any atom is -0.465 e. The van der Waals surface area contributed by atoms with Crippen LogP contribution in [-0.4, -0.2) is 82.9 Å². The molecule has 0 unspecified atom stereocenters. The van der Waals surface area contributed by atoms with Crippen molar-refractivity contribution in [2.24, 2.45) is 0 Å². The maximum atomic E-state index is 11.4. The molecular formula is C20H25BrClN5O3. The number of fused-ring (bicyclic) bond motifs is 1. The second-order valence-corrected chi connectivity index (χ2v) is 9.23. The quantitative estimate of drug-likeness (QED) is 0.688. The predicted octanol–water partition coefficient (Wildman–Crippen LogP) is 3.71. The number of ether oxygens (including phenoxy) is 1. The summed E-state index contributed by atoms with van der Waals surface area (Å²) in [6, 6.07) is 4.37. The number of carbonyl (C=O) groups is 1. The minimum atomic E-state index is -0.895. The van der Waals surface area contributed by atoms with Crippen molar-refractivity contribution < 1.29 is 14.6 Å². The molecule has 0 aliphatic carbocycles. The molecule has 2 fully saturated rings. The van der Waals surface area contributed by atoms with Crippen LogP contribution in [0, 0.1) is 0 Å². The molecule has 2 atom stereocenters. The number of benzene rings is 1. The molecule has 2 saturated heterocycles. The molecule has 0 bridgehead atoms. The van der Waals surface area contributed by atoms with Crippen LogP contribution in [0.1, 0.15) is 19.8 Å². The number of amides is 1. The summed E-state index contributed by atoms with van der Waals surface area (Å²) in [5.41, 5.74) is 0.704. The number of halogens is 2. The van der Waals surface area contributed by atoms with E-state index in [0.717, 1.165) is 28.6 Å². The summed E-state index contributed by atoms with van der Waals surface area (Å²) < 4.78 is 6.78. The SMILES string of the molecule is C[C@H]1CN(C(=O)O)CCN1c1nc(OC[C@@H]2CCCN2C)nc2cc(Cl)c(Br)cc12. The van der Waals surface area contributed by atoms with Gasteiger partial charge in [-0.15, -0.1) is 0 Å². The van der Waals surface area contributed by atoms with Crippen LogP contribution in [0.4, 0.5) is 10.6 Å². The lowest BCUT2D eigenvalue weighted by Gasteiger charge is -2.39. The first kappa shape index (κ1) is 21.4. The summed E-state index contributed by atoms with van der Waals surface area (Å²) >= 11 is 9.81. The van der Waals surface area contributed by atoms with Gasteiger partial charge in [0.1, 0.15) is 12.4 Å². The van der Waals surface area contributed by atoms with Gasteiger partial charge in [-0.05, 0) is 61.4 Å². The van der Waals surface area contributed by atoms with Gasteiger partial charge in [0, 0.05) is 41.6 Å². The van der Waals surface area contributed by atoms with Gasteiger partial charge in [0.05, 0.1) is 10.5 Å². The first-order valence-electron chi connectivity index (χ1n) is 10.1. The molecule has 2 aromatic rings. The Labute approximate surface area is 188 Å². The van der Waals surface area contributed by atoms with Crippen molar-refractivity contribution >= 4 is 50.3 Å². The molecule has 2 aliphatic heterocycles. The first-order valence-corrected chi connectivity index (χ1v) is 11.2. The fraction of sp³-hybridized carbons (Fsp3) is 0.550. The van der Waals surface area contributed by atoms with Gasteiger partial charge in [0.25, 0.3) is 0 Å². The number of likely N-dealkylation sites (N-methyl/N-ethyl adjacent to an activating group) is 1. The summed E-state index contributed by atoms with van der Waals surface area (Å²) in [6.45, 7) is 5.00. The molecule has 0 spiro atoms. The topological polar surface area (TPSA) is 82.0 Å². The molecule has 8 nitrogen and oxygen atoms in total. The average molecular weight is 499 g/mol. The first-order chi connectivity index (χ1) is 14.3. The summed E-state index contributed by atoms with van der Waals surface area (Å²) in [7, 11) is 2.11. The third kappa shape index (κ3) is 4.29. The smallest absolute Gasteiger partial charge is 0.407 e. The number of nitrogens with zero attached hydrogens (tertiary/aromatic N) is 5. The van der Waals surface area contributed by atoms with Crippen molar-refractivity contribution in [3.8, 4) is 6.01 Å². The van der Waals surface area contributed by atoms with E-state index in [0.29, 0.717) is 48.8 Å². The van der Waals surface area contributed by atoms with Crippen LogP contribution >= 0.6 is 27.5 Å². The van der Waals surface area contributed by atoms with Gasteiger partial charge in [-0.1, -0.05) is 11.6 Å². The molecule has 3 heterocycles. The van der Waals surface area contributed by atoms with E-state index in [1.165, 1.54) is 11.3 Å². The number of hydrogen-bond donors (Lipinski definition) is 1. The number of likely N-dealkylation sites (tertiary alicyclic amines) is 1. The molecule has 1 N–H and O–H groups in total. The number of hydrogen-bond acceptors (Lipinski definition) is 6. The van der Waals surface area contributed by atoms with Gasteiger partial charge in [0.2, 0.25) is 0 Å². The van der Waals surface area contributed by atoms with Gasteiger partial charge in [0.15, 0.2) is 0 Å². The lowest BCUT2D eigenvalue weighted by molar-refractivity contribution is 0.136. The van der Waals surface area contributed by atoms with E-state index in [-0.39, 0.29) is 6.04 Å². The van der Waals surface area contributed by atoms with Crippen LogP contribution in [0.5, 0.6) is 6.01 Å². The van der Waals surface area contributed by atoms with Gasteiger partial charge >= 0.3 is 12.1 Å². The average Bonchev–Trinajstić information content (AvgIpc) is 3.11. The molecule has 30 heavy (non-hydrogen) atoms. The monoisotopic (exact) mass is 497 g/mol. The van der Waals surface area contributed by atoms with Crippen LogP contribution in [-0.2, 0) is 0 Å². The fourth-order valence-electron chi connectivity index (χ4n) is 4.18. The maximum Gasteiger partial charge on any atom is 0.407 e. The molecule has 1 aromatic heterocycles. The highest BCUT2D eigenvalue weighted by atomic mass is 79.9. The van der Waals surface area contributed by atoms with Crippen LogP contribution < -0.4 is 9.64 Å². The zero-order valence-electron chi connectivity index (χ0n) is 17.0. The number of carboxylic acid groups (broad SMARTS) is 1. The number of rotatable bonds is 4. The number of anilines is 1.